The molecule has 0 bridgehead atoms. The average molecular weight is 272 g/mol. The van der Waals surface area contributed by atoms with E-state index < -0.39 is 10.0 Å². The number of sulfonamides is 1. The van der Waals surface area contributed by atoms with E-state index in [1.54, 1.807) is 6.92 Å². The van der Waals surface area contributed by atoms with Crippen LogP contribution in [0, 0.1) is 0 Å². The lowest BCUT2D eigenvalue weighted by molar-refractivity contribution is -0.120. The molecule has 0 aliphatic carbocycles. The largest absolute Gasteiger partial charge is 0.508 e. The van der Waals surface area contributed by atoms with Crippen molar-refractivity contribution < 1.29 is 18.3 Å². The molecule has 0 saturated heterocycles. The summed E-state index contributed by atoms with van der Waals surface area (Å²) < 4.78 is 25.4. The van der Waals surface area contributed by atoms with E-state index in [0.717, 1.165) is 4.31 Å². The van der Waals surface area contributed by atoms with Crippen LogP contribution in [0.1, 0.15) is 6.92 Å². The number of carbonyl (C=O) groups excluding carboxylic acids is 1. The Morgan fingerprint density at radius 2 is 1.89 bits per heavy atom. The Morgan fingerprint density at radius 1 is 1.33 bits per heavy atom. The fourth-order valence-corrected chi connectivity index (χ4v) is 2.78. The number of nitrogens with one attached hydrogen (secondary N) is 1. The zero-order chi connectivity index (χ0) is 13.8. The quantitative estimate of drug-likeness (QED) is 0.798. The molecule has 7 heteroatoms. The predicted molar refractivity (Wildman–Crippen MR) is 66.6 cm³/mol. The van der Waals surface area contributed by atoms with Crippen LogP contribution in [-0.4, -0.2) is 43.9 Å². The Hall–Kier alpha value is -1.60. The lowest BCUT2D eigenvalue weighted by Crippen LogP contribution is -2.39. The first-order valence-corrected chi connectivity index (χ1v) is 6.85. The van der Waals surface area contributed by atoms with Gasteiger partial charge in [0.15, 0.2) is 0 Å². The second kappa shape index (κ2) is 5.83. The van der Waals surface area contributed by atoms with E-state index in [9.17, 15) is 13.2 Å². The number of benzene rings is 1. The van der Waals surface area contributed by atoms with Crippen molar-refractivity contribution >= 4 is 15.9 Å². The van der Waals surface area contributed by atoms with Crippen molar-refractivity contribution in [2.75, 3.05) is 20.1 Å². The van der Waals surface area contributed by atoms with Gasteiger partial charge in [0.2, 0.25) is 15.9 Å². The van der Waals surface area contributed by atoms with Gasteiger partial charge in [0.05, 0.1) is 11.4 Å². The Labute approximate surface area is 106 Å². The zero-order valence-electron chi connectivity index (χ0n) is 10.3. The third kappa shape index (κ3) is 3.21. The second-order valence-electron chi connectivity index (χ2n) is 3.60. The van der Waals surface area contributed by atoms with Gasteiger partial charge in [-0.25, -0.2) is 8.42 Å². The summed E-state index contributed by atoms with van der Waals surface area (Å²) in [6.45, 7) is 1.62. The van der Waals surface area contributed by atoms with Crippen LogP contribution in [0.15, 0.2) is 29.2 Å². The molecule has 1 rings (SSSR count). The molecule has 100 valence electrons. The number of hydrogen-bond acceptors (Lipinski definition) is 4. The van der Waals surface area contributed by atoms with Gasteiger partial charge in [-0.2, -0.15) is 4.31 Å². The Kier molecular flexibility index (Phi) is 4.69. The van der Waals surface area contributed by atoms with Crippen LogP contribution in [0.5, 0.6) is 5.75 Å². The SMILES string of the molecule is CCN(CC(=O)NC)S(=O)(=O)c1ccc(O)cc1. The van der Waals surface area contributed by atoms with Gasteiger partial charge in [-0.05, 0) is 24.3 Å². The van der Waals surface area contributed by atoms with Gasteiger partial charge in [0.1, 0.15) is 5.75 Å². The van der Waals surface area contributed by atoms with Gasteiger partial charge in [0.25, 0.3) is 0 Å². The summed E-state index contributed by atoms with van der Waals surface area (Å²) in [5.74, 6) is -0.387. The predicted octanol–water partition coefficient (Wildman–Crippen LogP) is 0.149. The van der Waals surface area contributed by atoms with Crippen LogP contribution in [0.25, 0.3) is 0 Å². The topological polar surface area (TPSA) is 86.7 Å². The van der Waals surface area contributed by atoms with E-state index in [2.05, 4.69) is 5.32 Å². The molecule has 1 aromatic rings. The highest BCUT2D eigenvalue weighted by Gasteiger charge is 2.24. The molecule has 0 aliphatic rings. The molecule has 0 aliphatic heterocycles. The van der Waals surface area contributed by atoms with Crippen LogP contribution in [0.4, 0.5) is 0 Å². The monoisotopic (exact) mass is 272 g/mol. The number of phenols is 1. The molecule has 0 aromatic heterocycles. The van der Waals surface area contributed by atoms with Gasteiger partial charge < -0.3 is 10.4 Å². The minimum Gasteiger partial charge on any atom is -0.508 e. The van der Waals surface area contributed by atoms with Crippen LogP contribution >= 0.6 is 0 Å². The normalized spacial score (nSPS) is 11.5. The fourth-order valence-electron chi connectivity index (χ4n) is 1.37. The zero-order valence-corrected chi connectivity index (χ0v) is 11.1. The minimum atomic E-state index is -3.71. The van der Waals surface area contributed by atoms with Crippen molar-refractivity contribution in [3.05, 3.63) is 24.3 Å². The molecule has 0 unspecified atom stereocenters. The van der Waals surface area contributed by atoms with Crippen molar-refractivity contribution in [3.63, 3.8) is 0 Å². The molecule has 0 saturated carbocycles. The molecule has 18 heavy (non-hydrogen) atoms. The summed E-state index contributed by atoms with van der Waals surface area (Å²) in [5.41, 5.74) is 0. The van der Waals surface area contributed by atoms with Crippen LogP contribution in [0.3, 0.4) is 0 Å². The molecule has 2 N–H and O–H groups in total. The highest BCUT2D eigenvalue weighted by molar-refractivity contribution is 7.89. The van der Waals surface area contributed by atoms with Crippen molar-refractivity contribution in [2.45, 2.75) is 11.8 Å². The molecule has 1 aromatic carbocycles. The maximum Gasteiger partial charge on any atom is 0.243 e. The Bertz CT molecular complexity index is 510. The highest BCUT2D eigenvalue weighted by Crippen LogP contribution is 2.18. The third-order valence-electron chi connectivity index (χ3n) is 2.43. The first kappa shape index (κ1) is 14.5. The van der Waals surface area contributed by atoms with Gasteiger partial charge in [-0.1, -0.05) is 6.92 Å². The second-order valence-corrected chi connectivity index (χ2v) is 5.54. The average Bonchev–Trinajstić information content (AvgIpc) is 2.35. The lowest BCUT2D eigenvalue weighted by Gasteiger charge is -2.19. The molecule has 0 heterocycles. The number of hydrogen-bond donors (Lipinski definition) is 2. The van der Waals surface area contributed by atoms with Gasteiger partial charge >= 0.3 is 0 Å². The number of phenolic OH excluding ortho intramolecular Hbond substituents is 1. The standard InChI is InChI=1S/C11H16N2O4S/c1-3-13(8-11(15)12-2)18(16,17)10-6-4-9(14)5-7-10/h4-7,14H,3,8H2,1-2H3,(H,12,15). The number of amides is 1. The van der Waals surface area contributed by atoms with Crippen LogP contribution in [0.2, 0.25) is 0 Å². The summed E-state index contributed by atoms with van der Waals surface area (Å²) in [6.07, 6.45) is 0. The number of likely N-dealkylation sites (N-methyl/N-ethyl adjacent to an activating group) is 2. The first-order chi connectivity index (χ1) is 8.41. The van der Waals surface area contributed by atoms with E-state index >= 15 is 0 Å². The number of nitrogens with zero attached hydrogens (tertiary/aromatic N) is 1. The fraction of sp³-hybridized carbons (Fsp3) is 0.364. The van der Waals surface area contributed by atoms with E-state index in [-0.39, 0.29) is 29.6 Å². The van der Waals surface area contributed by atoms with E-state index in [1.165, 1.54) is 31.3 Å². The Morgan fingerprint density at radius 3 is 2.33 bits per heavy atom. The number of rotatable bonds is 5. The number of aromatic hydroxyl groups is 1. The van der Waals surface area contributed by atoms with Crippen molar-refractivity contribution in [3.8, 4) is 5.75 Å². The Balaban J connectivity index is 3.03. The molecule has 6 nitrogen and oxygen atoms in total. The van der Waals surface area contributed by atoms with Crippen LogP contribution < -0.4 is 5.32 Å². The van der Waals surface area contributed by atoms with Gasteiger partial charge in [0, 0.05) is 13.6 Å². The summed E-state index contributed by atoms with van der Waals surface area (Å²) in [7, 11) is -2.26. The van der Waals surface area contributed by atoms with Crippen molar-refractivity contribution in [2.24, 2.45) is 0 Å². The highest BCUT2D eigenvalue weighted by atomic mass is 32.2. The van der Waals surface area contributed by atoms with Gasteiger partial charge in [-0.15, -0.1) is 0 Å². The lowest BCUT2D eigenvalue weighted by atomic mass is 10.3. The molecular formula is C11H16N2O4S. The van der Waals surface area contributed by atoms with E-state index in [1.807, 2.05) is 0 Å². The summed E-state index contributed by atoms with van der Waals surface area (Å²) in [4.78, 5) is 11.3. The van der Waals surface area contributed by atoms with E-state index in [0.29, 0.717) is 0 Å². The summed E-state index contributed by atoms with van der Waals surface area (Å²) in [5, 5.41) is 11.5. The van der Waals surface area contributed by atoms with E-state index in [4.69, 9.17) is 5.11 Å². The van der Waals surface area contributed by atoms with Crippen LogP contribution in [-0.2, 0) is 14.8 Å². The van der Waals surface area contributed by atoms with Crippen molar-refractivity contribution in [1.82, 2.24) is 9.62 Å². The molecule has 0 atom stereocenters. The molecule has 1 amide bonds. The molecule has 0 spiro atoms. The summed E-state index contributed by atoms with van der Waals surface area (Å²) in [6, 6.07) is 5.19. The third-order valence-corrected chi connectivity index (χ3v) is 4.36. The van der Waals surface area contributed by atoms with Gasteiger partial charge in [-0.3, -0.25) is 4.79 Å². The number of carbonyl (C=O) groups is 1. The molecular weight excluding hydrogens is 256 g/mol. The molecule has 0 fully saturated rings. The summed E-state index contributed by atoms with van der Waals surface area (Å²) >= 11 is 0. The maximum absolute atomic E-state index is 12.2. The smallest absolute Gasteiger partial charge is 0.243 e. The van der Waals surface area contributed by atoms with Crippen molar-refractivity contribution in [1.29, 1.82) is 0 Å². The maximum atomic E-state index is 12.2. The minimum absolute atomic E-state index is 0.0108. The first-order valence-electron chi connectivity index (χ1n) is 5.41. The molecule has 0 radical (unpaired) electrons.